The maximum Gasteiger partial charge on any atom is 0.225 e. The maximum atomic E-state index is 12.6. The highest BCUT2D eigenvalue weighted by Crippen LogP contribution is 2.18. The number of amidine groups is 1. The van der Waals surface area contributed by atoms with Crippen LogP contribution in [0.25, 0.3) is 0 Å². The van der Waals surface area contributed by atoms with E-state index in [-0.39, 0.29) is 30.2 Å². The minimum Gasteiger partial charge on any atom is -0.389 e. The molecule has 2 atom stereocenters. The summed E-state index contributed by atoms with van der Waals surface area (Å²) in [5.74, 6) is 1.22. The zero-order valence-electron chi connectivity index (χ0n) is 23.1. The third kappa shape index (κ3) is 10.4. The fourth-order valence-electron chi connectivity index (χ4n) is 3.53. The first-order valence-corrected chi connectivity index (χ1v) is 13.1. The van der Waals surface area contributed by atoms with Crippen LogP contribution in [-0.2, 0) is 21.0 Å². The second kappa shape index (κ2) is 16.2. The molecular weight excluding hydrogens is 482 g/mol. The smallest absolute Gasteiger partial charge is 0.225 e. The highest BCUT2D eigenvalue weighted by molar-refractivity contribution is 6.46. The largest absolute Gasteiger partial charge is 0.389 e. The quantitative estimate of drug-likeness (QED) is 0.106. The number of carbonyl (C=O) groups excluding carboxylic acids is 1. The molecule has 0 saturated heterocycles. The molecule has 10 heteroatoms. The van der Waals surface area contributed by atoms with Crippen molar-refractivity contribution in [1.29, 1.82) is 10.9 Å². The topological polar surface area (TPSA) is 136 Å². The molecule has 10 nitrogen and oxygen atoms in total. The normalized spacial score (nSPS) is 13.1. The number of ether oxygens (including phenoxy) is 1. The van der Waals surface area contributed by atoms with E-state index in [9.17, 15) is 4.79 Å². The summed E-state index contributed by atoms with van der Waals surface area (Å²) in [4.78, 5) is 22.5. The van der Waals surface area contributed by atoms with Gasteiger partial charge in [-0.1, -0.05) is 74.0 Å². The number of amides is 1. The number of rotatable bonds is 16. The summed E-state index contributed by atoms with van der Waals surface area (Å²) >= 11 is 0. The van der Waals surface area contributed by atoms with E-state index in [0.717, 1.165) is 24.3 Å². The third-order valence-corrected chi connectivity index (χ3v) is 6.39. The van der Waals surface area contributed by atoms with Gasteiger partial charge in [0, 0.05) is 25.6 Å². The number of nitrogens with one attached hydrogen (secondary N) is 3. The van der Waals surface area contributed by atoms with Crippen LogP contribution >= 0.6 is 0 Å². The van der Waals surface area contributed by atoms with Crippen LogP contribution in [0.3, 0.4) is 0 Å². The molecule has 0 aliphatic carbocycles. The summed E-state index contributed by atoms with van der Waals surface area (Å²) in [6, 6.07) is 14.4. The number of likely N-dealkylation sites (N-methyl/N-ethyl adjacent to an activating group) is 1. The van der Waals surface area contributed by atoms with Crippen LogP contribution in [0, 0.1) is 22.8 Å². The Hall–Kier alpha value is -3.66. The summed E-state index contributed by atoms with van der Waals surface area (Å²) in [7, 11) is 1.49. The molecule has 0 aliphatic heterocycles. The SMILES string of the molecule is CCC(CCOC(C)C(C)C)CCC(=O)Nc1cccc(CO/N=C(\C(=N)N(C)N=N)c2ccccc2)n1. The Bertz CT molecular complexity index is 1060. The predicted octanol–water partition coefficient (Wildman–Crippen LogP) is 6.05. The van der Waals surface area contributed by atoms with Gasteiger partial charge in [-0.05, 0) is 43.7 Å². The molecule has 3 N–H and O–H groups in total. The van der Waals surface area contributed by atoms with Crippen molar-refractivity contribution in [1.82, 2.24) is 9.99 Å². The molecule has 0 fully saturated rings. The third-order valence-electron chi connectivity index (χ3n) is 6.39. The van der Waals surface area contributed by atoms with Crippen molar-refractivity contribution in [2.45, 2.75) is 66.1 Å². The summed E-state index contributed by atoms with van der Waals surface area (Å²) < 4.78 is 5.90. The summed E-state index contributed by atoms with van der Waals surface area (Å²) in [5, 5.41) is 19.6. The summed E-state index contributed by atoms with van der Waals surface area (Å²) in [5.41, 5.74) is 8.65. The number of carbonyl (C=O) groups is 1. The van der Waals surface area contributed by atoms with Crippen LogP contribution in [-0.4, -0.2) is 47.2 Å². The number of hydrogen-bond donors (Lipinski definition) is 3. The minimum absolute atomic E-state index is 0.0434. The molecule has 2 rings (SSSR count). The molecular formula is C28H41N7O3. The van der Waals surface area contributed by atoms with E-state index >= 15 is 0 Å². The van der Waals surface area contributed by atoms with Gasteiger partial charge in [-0.25, -0.2) is 9.99 Å². The fraction of sp³-hybridized carbons (Fsp3) is 0.500. The second-order valence-electron chi connectivity index (χ2n) is 9.54. The average molecular weight is 524 g/mol. The Kier molecular flexibility index (Phi) is 13.1. The standard InChI is InChI=1S/C28H41N7O3/c1-6-22(17-18-37-21(4)20(2)3)15-16-26(36)32-25-14-10-13-24(31-25)19-38-33-27(28(29)35(5)34-30)23-11-8-7-9-12-23/h7-14,20-22,29-30H,6,15-19H2,1-5H3,(H,31,32,36)/b29-28?,33-27-,34-30?. The van der Waals surface area contributed by atoms with Gasteiger partial charge in [-0.3, -0.25) is 10.2 Å². The Morgan fingerprint density at radius 2 is 1.84 bits per heavy atom. The molecule has 0 saturated carbocycles. The van der Waals surface area contributed by atoms with Crippen molar-refractivity contribution in [3.63, 3.8) is 0 Å². The van der Waals surface area contributed by atoms with Crippen LogP contribution < -0.4 is 5.32 Å². The predicted molar refractivity (Wildman–Crippen MR) is 149 cm³/mol. The molecule has 2 unspecified atom stereocenters. The lowest BCUT2D eigenvalue weighted by molar-refractivity contribution is -0.116. The first kappa shape index (κ1) is 30.6. The van der Waals surface area contributed by atoms with Crippen LogP contribution in [0.5, 0.6) is 0 Å². The van der Waals surface area contributed by atoms with Crippen molar-refractivity contribution in [3.05, 3.63) is 59.8 Å². The van der Waals surface area contributed by atoms with E-state index in [1.807, 2.05) is 18.2 Å². The van der Waals surface area contributed by atoms with Gasteiger partial charge in [0.2, 0.25) is 5.91 Å². The van der Waals surface area contributed by atoms with Gasteiger partial charge in [-0.15, -0.1) is 0 Å². The van der Waals surface area contributed by atoms with Crippen molar-refractivity contribution in [2.24, 2.45) is 22.2 Å². The van der Waals surface area contributed by atoms with E-state index in [1.165, 1.54) is 7.05 Å². The lowest BCUT2D eigenvalue weighted by Gasteiger charge is -2.19. The number of anilines is 1. The Morgan fingerprint density at radius 3 is 2.50 bits per heavy atom. The monoisotopic (exact) mass is 523 g/mol. The van der Waals surface area contributed by atoms with Crippen LogP contribution in [0.4, 0.5) is 5.82 Å². The number of benzene rings is 1. The molecule has 206 valence electrons. The fourth-order valence-corrected chi connectivity index (χ4v) is 3.53. The molecule has 38 heavy (non-hydrogen) atoms. The Labute approximate surface area is 225 Å². The molecule has 1 aromatic heterocycles. The van der Waals surface area contributed by atoms with Gasteiger partial charge < -0.3 is 14.9 Å². The number of aromatic nitrogens is 1. The van der Waals surface area contributed by atoms with Gasteiger partial charge in [0.05, 0.1) is 11.8 Å². The van der Waals surface area contributed by atoms with Crippen LogP contribution in [0.1, 0.15) is 64.6 Å². The Balaban J connectivity index is 1.91. The van der Waals surface area contributed by atoms with Crippen molar-refractivity contribution < 1.29 is 14.4 Å². The zero-order chi connectivity index (χ0) is 27.9. The van der Waals surface area contributed by atoms with Gasteiger partial charge in [0.25, 0.3) is 0 Å². The van der Waals surface area contributed by atoms with E-state index < -0.39 is 0 Å². The molecule has 0 bridgehead atoms. The zero-order valence-corrected chi connectivity index (χ0v) is 23.1. The number of nitrogens with zero attached hydrogens (tertiary/aromatic N) is 4. The minimum atomic E-state index is -0.0782. The number of hydrogen-bond acceptors (Lipinski definition) is 8. The van der Waals surface area contributed by atoms with E-state index in [1.54, 1.807) is 30.3 Å². The molecule has 1 heterocycles. The average Bonchev–Trinajstić information content (AvgIpc) is 2.92. The van der Waals surface area contributed by atoms with Gasteiger partial charge in [-0.2, -0.15) is 5.53 Å². The lowest BCUT2D eigenvalue weighted by Crippen LogP contribution is -2.29. The molecule has 2 aromatic rings. The first-order chi connectivity index (χ1) is 18.2. The lowest BCUT2D eigenvalue weighted by atomic mass is 9.97. The second-order valence-corrected chi connectivity index (χ2v) is 9.54. The van der Waals surface area contributed by atoms with E-state index in [2.05, 4.69) is 48.4 Å². The molecule has 0 spiro atoms. The molecule has 0 aliphatic rings. The van der Waals surface area contributed by atoms with Gasteiger partial charge in [0.1, 0.15) is 5.82 Å². The maximum absolute atomic E-state index is 12.6. The van der Waals surface area contributed by atoms with E-state index in [4.69, 9.17) is 20.5 Å². The first-order valence-electron chi connectivity index (χ1n) is 13.1. The van der Waals surface area contributed by atoms with Crippen molar-refractivity contribution >= 4 is 23.3 Å². The summed E-state index contributed by atoms with van der Waals surface area (Å²) in [6.07, 6.45) is 3.41. The highest BCUT2D eigenvalue weighted by Gasteiger charge is 2.16. The summed E-state index contributed by atoms with van der Waals surface area (Å²) in [6.45, 7) is 9.30. The van der Waals surface area contributed by atoms with Crippen LogP contribution in [0.15, 0.2) is 58.9 Å². The molecule has 1 amide bonds. The molecule has 1 aromatic carbocycles. The van der Waals surface area contributed by atoms with Gasteiger partial charge >= 0.3 is 0 Å². The van der Waals surface area contributed by atoms with Crippen molar-refractivity contribution in [2.75, 3.05) is 19.0 Å². The number of oxime groups is 1. The van der Waals surface area contributed by atoms with Gasteiger partial charge in [0.15, 0.2) is 18.2 Å². The Morgan fingerprint density at radius 1 is 1.11 bits per heavy atom. The van der Waals surface area contributed by atoms with Crippen LogP contribution in [0.2, 0.25) is 0 Å². The van der Waals surface area contributed by atoms with Crippen molar-refractivity contribution in [3.8, 4) is 0 Å². The molecule has 0 radical (unpaired) electrons. The highest BCUT2D eigenvalue weighted by atomic mass is 16.6. The van der Waals surface area contributed by atoms with E-state index in [0.29, 0.717) is 41.9 Å². The number of pyridine rings is 1.